The van der Waals surface area contributed by atoms with Crippen LogP contribution >= 0.6 is 11.8 Å². The van der Waals surface area contributed by atoms with Crippen molar-refractivity contribution in [1.82, 2.24) is 10.2 Å². The lowest BCUT2D eigenvalue weighted by molar-refractivity contribution is -0.122. The topological polar surface area (TPSA) is 67.9 Å². The highest BCUT2D eigenvalue weighted by atomic mass is 32.2. The third kappa shape index (κ3) is 3.85. The molecule has 1 heterocycles. The molecule has 120 valence electrons. The van der Waals surface area contributed by atoms with Gasteiger partial charge in [0.05, 0.1) is 20.3 Å². The van der Waals surface area contributed by atoms with Gasteiger partial charge in [-0.1, -0.05) is 11.8 Å². The predicted octanol–water partition coefficient (Wildman–Crippen LogP) is 2.05. The highest BCUT2D eigenvalue weighted by Gasteiger charge is 2.24. The van der Waals surface area contributed by atoms with Gasteiger partial charge in [0.2, 0.25) is 5.91 Å². The van der Waals surface area contributed by atoms with E-state index in [1.54, 1.807) is 31.3 Å². The Hall–Kier alpha value is -1.89. The normalized spacial score (nSPS) is 15.6. The Morgan fingerprint density at radius 2 is 2.18 bits per heavy atom. The van der Waals surface area contributed by atoms with Crippen LogP contribution in [0.4, 0.5) is 4.79 Å². The summed E-state index contributed by atoms with van der Waals surface area (Å²) in [5.41, 5.74) is 0.831. The largest absolute Gasteiger partial charge is 0.497 e. The number of benzene rings is 1. The Morgan fingerprint density at radius 1 is 1.41 bits per heavy atom. The summed E-state index contributed by atoms with van der Waals surface area (Å²) in [5, 5.41) is 2.85. The van der Waals surface area contributed by atoms with Crippen molar-refractivity contribution in [2.24, 2.45) is 0 Å². The van der Waals surface area contributed by atoms with Crippen LogP contribution in [-0.2, 0) is 4.79 Å². The Bertz CT molecular complexity index is 564. The van der Waals surface area contributed by atoms with Gasteiger partial charge in [0, 0.05) is 17.9 Å². The molecule has 0 spiro atoms. The van der Waals surface area contributed by atoms with Crippen molar-refractivity contribution in [2.45, 2.75) is 13.0 Å². The first-order valence-corrected chi connectivity index (χ1v) is 7.96. The Morgan fingerprint density at radius 3 is 2.77 bits per heavy atom. The number of carbonyl (C=O) groups is 2. The van der Waals surface area contributed by atoms with Gasteiger partial charge in [-0.05, 0) is 25.1 Å². The number of hydrogen-bond acceptors (Lipinski definition) is 5. The fourth-order valence-electron chi connectivity index (χ4n) is 2.29. The molecule has 0 unspecified atom stereocenters. The number of methoxy groups -OCH3 is 2. The van der Waals surface area contributed by atoms with Crippen LogP contribution in [0.25, 0.3) is 0 Å². The fourth-order valence-corrected chi connectivity index (χ4v) is 3.11. The number of nitrogens with zero attached hydrogens (tertiary/aromatic N) is 1. The highest BCUT2D eigenvalue weighted by Crippen LogP contribution is 2.29. The molecule has 1 saturated heterocycles. The fraction of sp³-hybridized carbons (Fsp3) is 0.467. The summed E-state index contributed by atoms with van der Waals surface area (Å²) in [5.74, 6) is 1.93. The van der Waals surface area contributed by atoms with Gasteiger partial charge < -0.3 is 19.7 Å². The summed E-state index contributed by atoms with van der Waals surface area (Å²) in [7, 11) is 3.17. The molecule has 0 bridgehead atoms. The Labute approximate surface area is 134 Å². The van der Waals surface area contributed by atoms with Gasteiger partial charge in [0.15, 0.2) is 0 Å². The smallest absolute Gasteiger partial charge is 0.282 e. The second-order valence-corrected chi connectivity index (χ2v) is 5.98. The lowest BCUT2D eigenvalue weighted by atomic mass is 10.1. The summed E-state index contributed by atoms with van der Waals surface area (Å²) in [4.78, 5) is 25.2. The lowest BCUT2D eigenvalue weighted by Gasteiger charge is -2.20. The van der Waals surface area contributed by atoms with Gasteiger partial charge in [-0.2, -0.15) is 0 Å². The van der Waals surface area contributed by atoms with Crippen LogP contribution in [0.15, 0.2) is 18.2 Å². The van der Waals surface area contributed by atoms with Gasteiger partial charge in [0.1, 0.15) is 18.0 Å². The first-order valence-electron chi connectivity index (χ1n) is 6.98. The molecular weight excluding hydrogens is 304 g/mol. The minimum absolute atomic E-state index is 0.0400. The van der Waals surface area contributed by atoms with Gasteiger partial charge in [-0.25, -0.2) is 0 Å². The van der Waals surface area contributed by atoms with Gasteiger partial charge in [0.25, 0.3) is 5.24 Å². The van der Waals surface area contributed by atoms with Crippen LogP contribution in [0, 0.1) is 0 Å². The van der Waals surface area contributed by atoms with Crippen LogP contribution in [0.5, 0.6) is 11.5 Å². The van der Waals surface area contributed by atoms with Crippen molar-refractivity contribution < 1.29 is 19.1 Å². The van der Waals surface area contributed by atoms with Crippen LogP contribution < -0.4 is 14.8 Å². The minimum Gasteiger partial charge on any atom is -0.497 e. The zero-order valence-electron chi connectivity index (χ0n) is 12.9. The molecular formula is C15H20N2O4S. The standard InChI is InChI=1S/C15H20N2O4S/c1-10(12-8-11(20-2)4-5-13(12)21-3)16-14(18)9-17-6-7-22-15(17)19/h4-5,8,10H,6-7,9H2,1-3H3,(H,16,18)/t10-/m1/s1. The van der Waals surface area contributed by atoms with E-state index in [4.69, 9.17) is 9.47 Å². The van der Waals surface area contributed by atoms with E-state index in [9.17, 15) is 9.59 Å². The molecule has 2 amide bonds. The van der Waals surface area contributed by atoms with E-state index in [-0.39, 0.29) is 23.7 Å². The monoisotopic (exact) mass is 324 g/mol. The molecule has 0 aromatic heterocycles. The second kappa shape index (κ2) is 7.40. The number of thioether (sulfide) groups is 1. The van der Waals surface area contributed by atoms with Crippen LogP contribution in [0.3, 0.4) is 0 Å². The average molecular weight is 324 g/mol. The van der Waals surface area contributed by atoms with Crippen molar-refractivity contribution >= 4 is 22.9 Å². The van der Waals surface area contributed by atoms with Gasteiger partial charge in [-0.15, -0.1) is 0 Å². The van der Waals surface area contributed by atoms with Gasteiger partial charge >= 0.3 is 0 Å². The molecule has 1 fully saturated rings. The maximum atomic E-state index is 12.1. The van der Waals surface area contributed by atoms with Crippen molar-refractivity contribution in [3.05, 3.63) is 23.8 Å². The van der Waals surface area contributed by atoms with E-state index in [0.29, 0.717) is 18.0 Å². The number of carbonyl (C=O) groups excluding carboxylic acids is 2. The number of rotatable bonds is 6. The van der Waals surface area contributed by atoms with Crippen LogP contribution in [0.1, 0.15) is 18.5 Å². The lowest BCUT2D eigenvalue weighted by Crippen LogP contribution is -2.38. The second-order valence-electron chi connectivity index (χ2n) is 4.93. The zero-order chi connectivity index (χ0) is 16.1. The molecule has 1 atom stereocenters. The third-order valence-electron chi connectivity index (χ3n) is 3.46. The number of hydrogen-bond donors (Lipinski definition) is 1. The molecule has 2 rings (SSSR count). The summed E-state index contributed by atoms with van der Waals surface area (Å²) in [6, 6.07) is 5.19. The van der Waals surface area contributed by atoms with Crippen LogP contribution in [-0.4, -0.2) is 49.1 Å². The van der Waals surface area contributed by atoms with E-state index < -0.39 is 0 Å². The first kappa shape index (κ1) is 16.5. The molecule has 1 N–H and O–H groups in total. The summed E-state index contributed by atoms with van der Waals surface area (Å²) in [6.07, 6.45) is 0. The number of amides is 2. The van der Waals surface area contributed by atoms with Crippen molar-refractivity contribution in [1.29, 1.82) is 0 Å². The molecule has 1 aromatic carbocycles. The third-order valence-corrected chi connectivity index (χ3v) is 4.35. The predicted molar refractivity (Wildman–Crippen MR) is 85.5 cm³/mol. The number of ether oxygens (including phenoxy) is 2. The number of nitrogens with one attached hydrogen (secondary N) is 1. The van der Waals surface area contributed by atoms with Crippen molar-refractivity contribution in [3.63, 3.8) is 0 Å². The molecule has 1 aliphatic rings. The molecule has 0 saturated carbocycles. The molecule has 7 heteroatoms. The van der Waals surface area contributed by atoms with Crippen molar-refractivity contribution in [2.75, 3.05) is 33.1 Å². The molecule has 0 aliphatic carbocycles. The summed E-state index contributed by atoms with van der Waals surface area (Å²) >= 11 is 1.24. The van der Waals surface area contributed by atoms with E-state index in [2.05, 4.69) is 5.32 Å². The molecule has 0 radical (unpaired) electrons. The van der Waals surface area contributed by atoms with Crippen molar-refractivity contribution in [3.8, 4) is 11.5 Å². The Balaban J connectivity index is 2.03. The van der Waals surface area contributed by atoms with Gasteiger partial charge in [-0.3, -0.25) is 9.59 Å². The van der Waals surface area contributed by atoms with E-state index in [1.807, 2.05) is 13.0 Å². The van der Waals surface area contributed by atoms with Crippen LogP contribution in [0.2, 0.25) is 0 Å². The molecule has 1 aromatic rings. The average Bonchev–Trinajstić information content (AvgIpc) is 2.91. The molecule has 22 heavy (non-hydrogen) atoms. The quantitative estimate of drug-likeness (QED) is 0.867. The minimum atomic E-state index is -0.247. The summed E-state index contributed by atoms with van der Waals surface area (Å²) < 4.78 is 10.5. The first-order chi connectivity index (χ1) is 10.5. The maximum Gasteiger partial charge on any atom is 0.282 e. The maximum absolute atomic E-state index is 12.1. The summed E-state index contributed by atoms with van der Waals surface area (Å²) in [6.45, 7) is 2.58. The Kier molecular flexibility index (Phi) is 5.54. The zero-order valence-corrected chi connectivity index (χ0v) is 13.7. The van der Waals surface area contributed by atoms with E-state index in [1.165, 1.54) is 11.8 Å². The SMILES string of the molecule is COc1ccc(OC)c([C@@H](C)NC(=O)CN2CCSC2=O)c1. The van der Waals surface area contributed by atoms with E-state index in [0.717, 1.165) is 11.3 Å². The van der Waals surface area contributed by atoms with E-state index >= 15 is 0 Å². The highest BCUT2D eigenvalue weighted by molar-refractivity contribution is 8.13. The molecule has 6 nitrogen and oxygen atoms in total. The molecule has 1 aliphatic heterocycles.